The zero-order valence-electron chi connectivity index (χ0n) is 15.7. The van der Waals surface area contributed by atoms with Crippen molar-refractivity contribution in [3.05, 3.63) is 35.4 Å². The van der Waals surface area contributed by atoms with E-state index in [0.717, 1.165) is 25.9 Å². The lowest BCUT2D eigenvalue weighted by Gasteiger charge is -2.25. The molecule has 3 rings (SSSR count). The van der Waals surface area contributed by atoms with Crippen molar-refractivity contribution in [1.29, 1.82) is 0 Å². The molecule has 1 aliphatic heterocycles. The van der Waals surface area contributed by atoms with E-state index < -0.39 is 0 Å². The van der Waals surface area contributed by atoms with Gasteiger partial charge in [0.25, 0.3) is 0 Å². The van der Waals surface area contributed by atoms with Gasteiger partial charge in [0.15, 0.2) is 0 Å². The molecule has 1 aromatic rings. The monoisotopic (exact) mass is 343 g/mol. The summed E-state index contributed by atoms with van der Waals surface area (Å²) in [6.07, 6.45) is 1.89. The molecular formula is C20H29N3O2. The molecule has 5 heteroatoms. The molecule has 3 amide bonds. The molecular weight excluding hydrogens is 314 g/mol. The minimum absolute atomic E-state index is 0.0289. The number of rotatable bonds is 3. The van der Waals surface area contributed by atoms with Gasteiger partial charge in [0.1, 0.15) is 0 Å². The number of hydrogen-bond acceptors (Lipinski definition) is 2. The molecule has 0 saturated carbocycles. The summed E-state index contributed by atoms with van der Waals surface area (Å²) in [5.74, 6) is 0.492. The van der Waals surface area contributed by atoms with Crippen LogP contribution < -0.4 is 5.32 Å². The van der Waals surface area contributed by atoms with Crippen molar-refractivity contribution < 1.29 is 9.59 Å². The van der Waals surface area contributed by atoms with E-state index in [1.54, 1.807) is 11.8 Å². The Morgan fingerprint density at radius 2 is 2.04 bits per heavy atom. The molecule has 1 aromatic carbocycles. The molecule has 0 radical (unpaired) electrons. The van der Waals surface area contributed by atoms with Crippen molar-refractivity contribution in [2.45, 2.75) is 45.1 Å². The quantitative estimate of drug-likeness (QED) is 0.917. The van der Waals surface area contributed by atoms with Gasteiger partial charge in [0, 0.05) is 33.6 Å². The highest BCUT2D eigenvalue weighted by atomic mass is 16.2. The highest BCUT2D eigenvalue weighted by Crippen LogP contribution is 2.44. The molecule has 2 atom stereocenters. The summed E-state index contributed by atoms with van der Waals surface area (Å²) in [6.45, 7) is 8.32. The minimum atomic E-state index is -0.0289. The number of hydrogen-bond donors (Lipinski definition) is 1. The second-order valence-corrected chi connectivity index (χ2v) is 8.18. The van der Waals surface area contributed by atoms with Gasteiger partial charge >= 0.3 is 6.03 Å². The van der Waals surface area contributed by atoms with Gasteiger partial charge in [-0.1, -0.05) is 38.1 Å². The Bertz CT molecular complexity index is 671. The third-order valence-corrected chi connectivity index (χ3v) is 5.69. The smallest absolute Gasteiger partial charge is 0.317 e. The lowest BCUT2D eigenvalue weighted by molar-refractivity contribution is -0.127. The third kappa shape index (κ3) is 3.65. The molecule has 0 unspecified atom stereocenters. The maximum Gasteiger partial charge on any atom is 0.317 e. The number of carbonyl (C=O) groups is 2. The van der Waals surface area contributed by atoms with E-state index in [0.29, 0.717) is 12.5 Å². The van der Waals surface area contributed by atoms with E-state index in [9.17, 15) is 9.59 Å². The maximum atomic E-state index is 12.7. The van der Waals surface area contributed by atoms with Crippen molar-refractivity contribution in [1.82, 2.24) is 15.1 Å². The Morgan fingerprint density at radius 1 is 1.32 bits per heavy atom. The van der Waals surface area contributed by atoms with Crippen LogP contribution in [0.3, 0.4) is 0 Å². The Labute approximate surface area is 150 Å². The fourth-order valence-corrected chi connectivity index (χ4v) is 4.27. The Balaban J connectivity index is 1.59. The molecule has 25 heavy (non-hydrogen) atoms. The van der Waals surface area contributed by atoms with Crippen LogP contribution in [0.4, 0.5) is 4.79 Å². The van der Waals surface area contributed by atoms with Crippen molar-refractivity contribution in [2.24, 2.45) is 5.92 Å². The third-order valence-electron chi connectivity index (χ3n) is 5.69. The molecule has 1 N–H and O–H groups in total. The van der Waals surface area contributed by atoms with Crippen molar-refractivity contribution in [3.8, 4) is 0 Å². The molecule has 136 valence electrons. The summed E-state index contributed by atoms with van der Waals surface area (Å²) >= 11 is 0. The van der Waals surface area contributed by atoms with Crippen LogP contribution in [0, 0.1) is 5.92 Å². The summed E-state index contributed by atoms with van der Waals surface area (Å²) in [7, 11) is 1.84. The summed E-state index contributed by atoms with van der Waals surface area (Å²) in [5.41, 5.74) is 2.65. The molecule has 2 aliphatic rings. The fraction of sp³-hybridized carbons (Fsp3) is 0.600. The molecule has 1 aliphatic carbocycles. The number of likely N-dealkylation sites (tertiary alicyclic amines) is 1. The standard InChI is InChI=1S/C20H29N3O2/c1-14(24)23-10-9-15(13-23)12-22(4)19(25)21-18-11-20(2,3)17-8-6-5-7-16(17)18/h5-8,15,18H,9-13H2,1-4H3,(H,21,25)/t15-,18-/m0/s1. The summed E-state index contributed by atoms with van der Waals surface area (Å²) in [4.78, 5) is 27.7. The van der Waals surface area contributed by atoms with Crippen LogP contribution in [-0.2, 0) is 10.2 Å². The van der Waals surface area contributed by atoms with Gasteiger partial charge in [0.05, 0.1) is 6.04 Å². The first kappa shape index (κ1) is 17.8. The van der Waals surface area contributed by atoms with Crippen LogP contribution in [0.2, 0.25) is 0 Å². The van der Waals surface area contributed by atoms with Crippen LogP contribution in [0.25, 0.3) is 0 Å². The molecule has 0 spiro atoms. The second-order valence-electron chi connectivity index (χ2n) is 8.18. The Morgan fingerprint density at radius 3 is 2.72 bits per heavy atom. The number of fused-ring (bicyclic) bond motifs is 1. The van der Waals surface area contributed by atoms with Crippen LogP contribution in [0.15, 0.2) is 24.3 Å². The van der Waals surface area contributed by atoms with Gasteiger partial charge in [0.2, 0.25) is 5.91 Å². The molecule has 5 nitrogen and oxygen atoms in total. The van der Waals surface area contributed by atoms with Crippen LogP contribution in [-0.4, -0.2) is 48.4 Å². The number of nitrogens with zero attached hydrogens (tertiary/aromatic N) is 2. The first-order valence-electron chi connectivity index (χ1n) is 9.14. The zero-order chi connectivity index (χ0) is 18.2. The largest absolute Gasteiger partial charge is 0.343 e. The van der Waals surface area contributed by atoms with Crippen LogP contribution >= 0.6 is 0 Å². The van der Waals surface area contributed by atoms with Gasteiger partial charge in [-0.15, -0.1) is 0 Å². The van der Waals surface area contributed by atoms with Crippen LogP contribution in [0.1, 0.15) is 50.8 Å². The highest BCUT2D eigenvalue weighted by Gasteiger charge is 2.37. The van der Waals surface area contributed by atoms with Crippen molar-refractivity contribution >= 4 is 11.9 Å². The minimum Gasteiger partial charge on any atom is -0.343 e. The van der Waals surface area contributed by atoms with E-state index >= 15 is 0 Å². The average Bonchev–Trinajstić information content (AvgIpc) is 3.11. The fourth-order valence-electron chi connectivity index (χ4n) is 4.27. The van der Waals surface area contributed by atoms with E-state index in [2.05, 4.69) is 37.4 Å². The van der Waals surface area contributed by atoms with Gasteiger partial charge in [-0.2, -0.15) is 0 Å². The number of urea groups is 1. The normalized spacial score (nSPS) is 24.1. The van der Waals surface area contributed by atoms with Crippen molar-refractivity contribution in [2.75, 3.05) is 26.7 Å². The van der Waals surface area contributed by atoms with Gasteiger partial charge in [-0.25, -0.2) is 4.79 Å². The summed E-state index contributed by atoms with van der Waals surface area (Å²) < 4.78 is 0. The number of benzene rings is 1. The maximum absolute atomic E-state index is 12.7. The Kier molecular flexibility index (Phi) is 4.76. The first-order valence-corrected chi connectivity index (χ1v) is 9.14. The Hall–Kier alpha value is -2.04. The lowest BCUT2D eigenvalue weighted by Crippen LogP contribution is -2.42. The highest BCUT2D eigenvalue weighted by molar-refractivity contribution is 5.75. The predicted octanol–water partition coefficient (Wildman–Crippen LogP) is 2.92. The number of carbonyl (C=O) groups excluding carboxylic acids is 2. The van der Waals surface area contributed by atoms with E-state index in [1.807, 2.05) is 18.0 Å². The van der Waals surface area contributed by atoms with Crippen LogP contribution in [0.5, 0.6) is 0 Å². The topological polar surface area (TPSA) is 52.7 Å². The number of nitrogens with one attached hydrogen (secondary N) is 1. The predicted molar refractivity (Wildman–Crippen MR) is 98.3 cm³/mol. The molecule has 0 bridgehead atoms. The average molecular weight is 343 g/mol. The van der Waals surface area contributed by atoms with Gasteiger partial charge in [-0.05, 0) is 35.3 Å². The zero-order valence-corrected chi connectivity index (χ0v) is 15.7. The molecule has 1 fully saturated rings. The summed E-state index contributed by atoms with van der Waals surface area (Å²) in [6, 6.07) is 8.43. The molecule has 0 aromatic heterocycles. The van der Waals surface area contributed by atoms with E-state index in [-0.39, 0.29) is 23.4 Å². The van der Waals surface area contributed by atoms with Gasteiger partial charge in [-0.3, -0.25) is 4.79 Å². The first-order chi connectivity index (χ1) is 11.8. The number of amides is 3. The van der Waals surface area contributed by atoms with Crippen molar-refractivity contribution in [3.63, 3.8) is 0 Å². The lowest BCUT2D eigenvalue weighted by atomic mass is 9.86. The molecule has 1 saturated heterocycles. The summed E-state index contributed by atoms with van der Waals surface area (Å²) in [5, 5.41) is 3.20. The van der Waals surface area contributed by atoms with Gasteiger partial charge < -0.3 is 15.1 Å². The van der Waals surface area contributed by atoms with E-state index in [1.165, 1.54) is 11.1 Å². The second kappa shape index (κ2) is 6.70. The molecule has 1 heterocycles. The van der Waals surface area contributed by atoms with E-state index in [4.69, 9.17) is 0 Å². The SMILES string of the molecule is CC(=O)N1CC[C@@H](CN(C)C(=O)N[C@H]2CC(C)(C)c3ccccc32)C1.